The van der Waals surface area contributed by atoms with E-state index >= 15 is 0 Å². The number of hydrogen-bond acceptors (Lipinski definition) is 3. The standard InChI is InChI=1S/C15H14F3N3O2S/c1-6(2)21-14-10(15(23)20-21)13(24-5-9(22)19-14)7-3-4-8(16)12(18)11(7)17/h3-4,6,13H,5H2,1-2H3,(H,19,22)(H,20,23)/t13-/m1/s1. The van der Waals surface area contributed by atoms with E-state index in [9.17, 15) is 22.8 Å². The largest absolute Gasteiger partial charge is 0.310 e. The van der Waals surface area contributed by atoms with Gasteiger partial charge in [-0.2, -0.15) is 0 Å². The lowest BCUT2D eigenvalue weighted by atomic mass is 10.0. The van der Waals surface area contributed by atoms with Crippen LogP contribution in [0, 0.1) is 17.5 Å². The molecule has 3 rings (SSSR count). The van der Waals surface area contributed by atoms with Gasteiger partial charge in [-0.3, -0.25) is 19.4 Å². The highest BCUT2D eigenvalue weighted by atomic mass is 32.2. The average Bonchev–Trinajstić information content (AvgIpc) is 2.73. The Morgan fingerprint density at radius 3 is 2.58 bits per heavy atom. The monoisotopic (exact) mass is 357 g/mol. The van der Waals surface area contributed by atoms with Crippen molar-refractivity contribution in [2.75, 3.05) is 11.1 Å². The summed E-state index contributed by atoms with van der Waals surface area (Å²) >= 11 is 0.981. The summed E-state index contributed by atoms with van der Waals surface area (Å²) in [7, 11) is 0. The highest BCUT2D eigenvalue weighted by Crippen LogP contribution is 2.41. The summed E-state index contributed by atoms with van der Waals surface area (Å²) in [5.41, 5.74) is -0.573. The van der Waals surface area contributed by atoms with Crippen LogP contribution in [0.5, 0.6) is 0 Å². The van der Waals surface area contributed by atoms with Crippen molar-refractivity contribution >= 4 is 23.5 Å². The van der Waals surface area contributed by atoms with Crippen molar-refractivity contribution in [3.05, 3.63) is 51.1 Å². The van der Waals surface area contributed by atoms with Gasteiger partial charge in [-0.05, 0) is 19.9 Å². The molecule has 1 aliphatic rings. The molecule has 2 aromatic rings. The van der Waals surface area contributed by atoms with Crippen molar-refractivity contribution < 1.29 is 18.0 Å². The van der Waals surface area contributed by atoms with E-state index in [0.717, 1.165) is 23.9 Å². The van der Waals surface area contributed by atoms with Gasteiger partial charge in [0, 0.05) is 11.6 Å². The molecule has 9 heteroatoms. The molecule has 1 amide bonds. The molecule has 2 heterocycles. The number of aromatic nitrogens is 2. The van der Waals surface area contributed by atoms with Gasteiger partial charge in [0.25, 0.3) is 5.56 Å². The predicted molar refractivity (Wildman–Crippen MR) is 84.7 cm³/mol. The number of hydrogen-bond donors (Lipinski definition) is 2. The molecule has 0 spiro atoms. The molecular formula is C15H14F3N3O2S. The Hall–Kier alpha value is -2.16. The summed E-state index contributed by atoms with van der Waals surface area (Å²) in [6, 6.07) is 1.74. The molecule has 24 heavy (non-hydrogen) atoms. The first-order chi connectivity index (χ1) is 11.3. The van der Waals surface area contributed by atoms with Crippen molar-refractivity contribution in [3.8, 4) is 0 Å². The minimum Gasteiger partial charge on any atom is -0.310 e. The maximum absolute atomic E-state index is 14.2. The third-order valence-electron chi connectivity index (χ3n) is 3.73. The lowest BCUT2D eigenvalue weighted by Gasteiger charge is -2.16. The SMILES string of the molecule is CC(C)n1[nH]c(=O)c2c1NC(=O)CS[C@@H]2c1ccc(F)c(F)c1F. The third kappa shape index (κ3) is 2.62. The number of benzene rings is 1. The topological polar surface area (TPSA) is 66.9 Å². The number of H-pyrrole nitrogens is 1. The van der Waals surface area contributed by atoms with E-state index in [4.69, 9.17) is 0 Å². The number of rotatable bonds is 2. The minimum absolute atomic E-state index is 0.0463. The fourth-order valence-electron chi connectivity index (χ4n) is 2.62. The van der Waals surface area contributed by atoms with E-state index in [1.54, 1.807) is 13.8 Å². The highest BCUT2D eigenvalue weighted by molar-refractivity contribution is 8.00. The molecule has 0 fully saturated rings. The van der Waals surface area contributed by atoms with Gasteiger partial charge in [-0.25, -0.2) is 13.2 Å². The third-order valence-corrected chi connectivity index (χ3v) is 4.98. The van der Waals surface area contributed by atoms with Crippen LogP contribution in [0.1, 0.15) is 36.3 Å². The van der Waals surface area contributed by atoms with Crippen molar-refractivity contribution in [3.63, 3.8) is 0 Å². The van der Waals surface area contributed by atoms with Crippen molar-refractivity contribution in [1.29, 1.82) is 0 Å². The number of nitrogens with one attached hydrogen (secondary N) is 2. The van der Waals surface area contributed by atoms with E-state index in [2.05, 4.69) is 10.4 Å². The van der Waals surface area contributed by atoms with Crippen LogP contribution in [0.2, 0.25) is 0 Å². The molecule has 0 saturated heterocycles. The Morgan fingerprint density at radius 1 is 1.21 bits per heavy atom. The summed E-state index contributed by atoms with van der Waals surface area (Å²) in [4.78, 5) is 24.3. The molecule has 5 nitrogen and oxygen atoms in total. The number of carbonyl (C=O) groups is 1. The summed E-state index contributed by atoms with van der Waals surface area (Å²) in [5.74, 6) is -4.45. The summed E-state index contributed by atoms with van der Waals surface area (Å²) in [6.07, 6.45) is 0. The van der Waals surface area contributed by atoms with Gasteiger partial charge >= 0.3 is 0 Å². The number of aromatic amines is 1. The normalized spacial score (nSPS) is 17.6. The van der Waals surface area contributed by atoms with Gasteiger partial charge in [0.15, 0.2) is 17.5 Å². The maximum atomic E-state index is 14.2. The number of thioether (sulfide) groups is 1. The average molecular weight is 357 g/mol. The summed E-state index contributed by atoms with van der Waals surface area (Å²) in [5, 5.41) is 4.28. The van der Waals surface area contributed by atoms with E-state index in [1.165, 1.54) is 4.68 Å². The summed E-state index contributed by atoms with van der Waals surface area (Å²) < 4.78 is 42.5. The van der Waals surface area contributed by atoms with Crippen molar-refractivity contribution in [2.45, 2.75) is 25.1 Å². The molecule has 1 atom stereocenters. The maximum Gasteiger partial charge on any atom is 0.270 e. The second-order valence-corrected chi connectivity index (χ2v) is 6.76. The zero-order chi connectivity index (χ0) is 17.6. The van der Waals surface area contributed by atoms with Gasteiger partial charge in [0.05, 0.1) is 16.6 Å². The first-order valence-corrected chi connectivity index (χ1v) is 8.25. The first kappa shape index (κ1) is 16.7. The fourth-order valence-corrected chi connectivity index (χ4v) is 3.76. The van der Waals surface area contributed by atoms with Crippen molar-refractivity contribution in [2.24, 2.45) is 0 Å². The quantitative estimate of drug-likeness (QED) is 0.812. The summed E-state index contributed by atoms with van der Waals surface area (Å²) in [6.45, 7) is 3.60. The molecule has 2 N–H and O–H groups in total. The number of nitrogens with zero attached hydrogens (tertiary/aromatic N) is 1. The van der Waals surface area contributed by atoms with Crippen LogP contribution in [0.15, 0.2) is 16.9 Å². The lowest BCUT2D eigenvalue weighted by Crippen LogP contribution is -2.17. The van der Waals surface area contributed by atoms with Crippen LogP contribution in [0.4, 0.5) is 19.0 Å². The van der Waals surface area contributed by atoms with Crippen molar-refractivity contribution in [1.82, 2.24) is 9.78 Å². The zero-order valence-corrected chi connectivity index (χ0v) is 13.6. The van der Waals surface area contributed by atoms with Gasteiger partial charge < -0.3 is 5.32 Å². The zero-order valence-electron chi connectivity index (χ0n) is 12.8. The predicted octanol–water partition coefficient (Wildman–Crippen LogP) is 2.95. The molecule has 128 valence electrons. The second-order valence-electron chi connectivity index (χ2n) is 5.67. The molecule has 0 radical (unpaired) electrons. The molecule has 0 aliphatic carbocycles. The smallest absolute Gasteiger partial charge is 0.270 e. The molecule has 0 unspecified atom stereocenters. The van der Waals surface area contributed by atoms with Crippen LogP contribution >= 0.6 is 11.8 Å². The molecule has 1 aromatic carbocycles. The van der Waals surface area contributed by atoms with Crippen LogP contribution in [-0.2, 0) is 4.79 Å². The van der Waals surface area contributed by atoms with Crippen LogP contribution in [-0.4, -0.2) is 21.4 Å². The Kier molecular flexibility index (Phi) is 4.20. The Labute approximate surface area is 139 Å². The van der Waals surface area contributed by atoms with Crippen LogP contribution in [0.25, 0.3) is 0 Å². The number of fused-ring (bicyclic) bond motifs is 1. The van der Waals surface area contributed by atoms with Gasteiger partial charge in [-0.15, -0.1) is 11.8 Å². The van der Waals surface area contributed by atoms with Gasteiger partial charge in [0.2, 0.25) is 5.91 Å². The molecule has 0 bridgehead atoms. The Balaban J connectivity index is 2.24. The fraction of sp³-hybridized carbons (Fsp3) is 0.333. The lowest BCUT2D eigenvalue weighted by molar-refractivity contribution is -0.113. The van der Waals surface area contributed by atoms with Crippen LogP contribution < -0.4 is 10.9 Å². The van der Waals surface area contributed by atoms with E-state index in [-0.39, 0.29) is 34.6 Å². The second kappa shape index (κ2) is 6.04. The number of amides is 1. The van der Waals surface area contributed by atoms with E-state index in [0.29, 0.717) is 0 Å². The molecule has 1 aliphatic heterocycles. The van der Waals surface area contributed by atoms with E-state index < -0.39 is 28.3 Å². The number of carbonyl (C=O) groups excluding carboxylic acids is 1. The van der Waals surface area contributed by atoms with Crippen LogP contribution in [0.3, 0.4) is 0 Å². The molecular weight excluding hydrogens is 343 g/mol. The highest BCUT2D eigenvalue weighted by Gasteiger charge is 2.33. The Bertz CT molecular complexity index is 876. The van der Waals surface area contributed by atoms with Gasteiger partial charge in [0.1, 0.15) is 5.82 Å². The minimum atomic E-state index is -1.60. The number of anilines is 1. The molecule has 1 aromatic heterocycles. The van der Waals surface area contributed by atoms with Gasteiger partial charge in [-0.1, -0.05) is 6.07 Å². The number of halogens is 3. The first-order valence-electron chi connectivity index (χ1n) is 7.20. The Morgan fingerprint density at radius 2 is 1.92 bits per heavy atom. The molecule has 0 saturated carbocycles. The van der Waals surface area contributed by atoms with E-state index in [1.807, 2.05) is 0 Å².